The van der Waals surface area contributed by atoms with Crippen LogP contribution in [-0.2, 0) is 9.53 Å². The number of halogens is 3. The Morgan fingerprint density at radius 1 is 1.22 bits per heavy atom. The molecule has 0 heterocycles. The standard InChI is InChI=1S/C19H17F3N2O3/c1-4-23-17-11-13(18(25)26-3)5-10-16(17)12(2)24-14-6-8-15(9-7-14)27-19(20,21)22/h4-11,24H,1H2,2-3H3/b16-12+,23-17-. The minimum Gasteiger partial charge on any atom is -0.465 e. The maximum atomic E-state index is 12.2. The summed E-state index contributed by atoms with van der Waals surface area (Å²) in [6, 6.07) is 5.33. The van der Waals surface area contributed by atoms with Gasteiger partial charge in [-0.3, -0.25) is 4.99 Å². The van der Waals surface area contributed by atoms with Gasteiger partial charge in [-0.05, 0) is 43.3 Å². The maximum absolute atomic E-state index is 12.2. The number of carbonyl (C=O) groups excluding carboxylic acids is 1. The van der Waals surface area contributed by atoms with Crippen LogP contribution in [0.15, 0.2) is 77.1 Å². The molecule has 1 aliphatic carbocycles. The number of rotatable bonds is 5. The Hall–Kier alpha value is -3.29. The summed E-state index contributed by atoms with van der Waals surface area (Å²) in [5, 5.41) is 3.08. The summed E-state index contributed by atoms with van der Waals surface area (Å²) in [5.41, 5.74) is 2.76. The van der Waals surface area contributed by atoms with Gasteiger partial charge in [0.15, 0.2) is 0 Å². The minimum atomic E-state index is -4.74. The molecule has 0 amide bonds. The number of aliphatic imine (C=N–C) groups is 1. The van der Waals surface area contributed by atoms with Crippen LogP contribution in [0.4, 0.5) is 18.9 Å². The lowest BCUT2D eigenvalue weighted by molar-refractivity contribution is -0.274. The van der Waals surface area contributed by atoms with Crippen LogP contribution in [0.25, 0.3) is 0 Å². The van der Waals surface area contributed by atoms with Gasteiger partial charge < -0.3 is 14.8 Å². The Labute approximate surface area is 154 Å². The zero-order chi connectivity index (χ0) is 20.0. The number of nitrogens with one attached hydrogen (secondary N) is 1. The van der Waals surface area contributed by atoms with E-state index in [1.54, 1.807) is 25.2 Å². The Morgan fingerprint density at radius 3 is 2.44 bits per heavy atom. The fourth-order valence-electron chi connectivity index (χ4n) is 2.32. The van der Waals surface area contributed by atoms with Gasteiger partial charge in [0.2, 0.25) is 0 Å². The van der Waals surface area contributed by atoms with Crippen LogP contribution < -0.4 is 10.1 Å². The van der Waals surface area contributed by atoms with Gasteiger partial charge in [-0.1, -0.05) is 12.7 Å². The predicted octanol–water partition coefficient (Wildman–Crippen LogP) is 4.52. The number of benzene rings is 1. The van der Waals surface area contributed by atoms with Gasteiger partial charge in [0.1, 0.15) is 5.75 Å². The van der Waals surface area contributed by atoms with Crippen molar-refractivity contribution in [2.24, 2.45) is 4.99 Å². The molecule has 1 N–H and O–H groups in total. The zero-order valence-corrected chi connectivity index (χ0v) is 14.6. The molecular formula is C19H17F3N2O3. The fourth-order valence-corrected chi connectivity index (χ4v) is 2.32. The van der Waals surface area contributed by atoms with Crippen molar-refractivity contribution < 1.29 is 27.4 Å². The average molecular weight is 378 g/mol. The third kappa shape index (κ3) is 5.60. The molecule has 0 saturated heterocycles. The van der Waals surface area contributed by atoms with Crippen LogP contribution in [-0.4, -0.2) is 25.2 Å². The molecule has 0 saturated carbocycles. The lowest BCUT2D eigenvalue weighted by Crippen LogP contribution is -2.17. The molecule has 0 bridgehead atoms. The second-order valence-corrected chi connectivity index (χ2v) is 5.36. The molecule has 0 atom stereocenters. The van der Waals surface area contributed by atoms with Gasteiger partial charge in [0, 0.05) is 23.2 Å². The summed E-state index contributed by atoms with van der Waals surface area (Å²) in [5.74, 6) is -0.802. The number of hydrogen-bond acceptors (Lipinski definition) is 5. The van der Waals surface area contributed by atoms with Crippen molar-refractivity contribution in [1.29, 1.82) is 0 Å². The molecule has 0 fully saturated rings. The Balaban J connectivity index is 2.23. The largest absolute Gasteiger partial charge is 0.573 e. The third-order valence-corrected chi connectivity index (χ3v) is 3.47. The molecule has 1 aromatic rings. The molecule has 0 spiro atoms. The highest BCUT2D eigenvalue weighted by atomic mass is 19.4. The van der Waals surface area contributed by atoms with E-state index in [2.05, 4.69) is 21.6 Å². The lowest BCUT2D eigenvalue weighted by Gasteiger charge is -2.16. The molecule has 2 rings (SSSR count). The average Bonchev–Trinajstić information content (AvgIpc) is 2.61. The van der Waals surface area contributed by atoms with Crippen molar-refractivity contribution in [2.45, 2.75) is 13.3 Å². The van der Waals surface area contributed by atoms with E-state index in [9.17, 15) is 18.0 Å². The number of allylic oxidation sites excluding steroid dienone is 4. The zero-order valence-electron chi connectivity index (χ0n) is 14.6. The Morgan fingerprint density at radius 2 is 1.89 bits per heavy atom. The van der Waals surface area contributed by atoms with Crippen LogP contribution in [0.2, 0.25) is 0 Å². The van der Waals surface area contributed by atoms with Gasteiger partial charge in [0.05, 0.1) is 18.4 Å². The fraction of sp³-hybridized carbons (Fsp3) is 0.158. The second-order valence-electron chi connectivity index (χ2n) is 5.36. The molecule has 8 heteroatoms. The molecule has 5 nitrogen and oxygen atoms in total. The van der Waals surface area contributed by atoms with Crippen molar-refractivity contribution in [1.82, 2.24) is 0 Å². The van der Waals surface area contributed by atoms with Gasteiger partial charge in [-0.25, -0.2) is 4.79 Å². The monoisotopic (exact) mass is 378 g/mol. The summed E-state index contributed by atoms with van der Waals surface area (Å²) in [7, 11) is 1.28. The van der Waals surface area contributed by atoms with Crippen LogP contribution in [0, 0.1) is 0 Å². The van der Waals surface area contributed by atoms with Crippen LogP contribution in [0.3, 0.4) is 0 Å². The number of nitrogens with zero attached hydrogens (tertiary/aromatic N) is 1. The lowest BCUT2D eigenvalue weighted by atomic mass is 9.98. The van der Waals surface area contributed by atoms with E-state index in [0.717, 1.165) is 0 Å². The van der Waals surface area contributed by atoms with Crippen molar-refractivity contribution >= 4 is 17.4 Å². The highest BCUT2D eigenvalue weighted by Crippen LogP contribution is 2.25. The smallest absolute Gasteiger partial charge is 0.465 e. The quantitative estimate of drug-likeness (QED) is 0.765. The van der Waals surface area contributed by atoms with E-state index in [4.69, 9.17) is 4.74 Å². The molecule has 142 valence electrons. The Kier molecular flexibility index (Phi) is 6.23. The van der Waals surface area contributed by atoms with Gasteiger partial charge in [-0.15, -0.1) is 13.2 Å². The summed E-state index contributed by atoms with van der Waals surface area (Å²) >= 11 is 0. The van der Waals surface area contributed by atoms with Crippen molar-refractivity contribution in [3.05, 3.63) is 72.1 Å². The van der Waals surface area contributed by atoms with E-state index in [1.165, 1.54) is 37.6 Å². The number of esters is 1. The number of alkyl halides is 3. The van der Waals surface area contributed by atoms with E-state index < -0.39 is 12.3 Å². The molecule has 0 aromatic heterocycles. The van der Waals surface area contributed by atoms with Crippen molar-refractivity contribution in [3.63, 3.8) is 0 Å². The number of anilines is 1. The van der Waals surface area contributed by atoms with Gasteiger partial charge in [0.25, 0.3) is 0 Å². The summed E-state index contributed by atoms with van der Waals surface area (Å²) < 4.78 is 45.2. The van der Waals surface area contributed by atoms with E-state index in [-0.39, 0.29) is 5.75 Å². The first-order valence-electron chi connectivity index (χ1n) is 7.74. The van der Waals surface area contributed by atoms with Crippen molar-refractivity contribution in [2.75, 3.05) is 12.4 Å². The molecular weight excluding hydrogens is 361 g/mol. The normalized spacial score (nSPS) is 17.2. The molecule has 0 aliphatic heterocycles. The molecule has 1 aromatic carbocycles. The van der Waals surface area contributed by atoms with Crippen LogP contribution in [0.1, 0.15) is 6.92 Å². The first-order chi connectivity index (χ1) is 12.7. The number of ether oxygens (including phenoxy) is 2. The van der Waals surface area contributed by atoms with Crippen molar-refractivity contribution in [3.8, 4) is 5.75 Å². The van der Waals surface area contributed by atoms with Crippen LogP contribution in [0.5, 0.6) is 5.75 Å². The Bertz CT molecular complexity index is 848. The summed E-state index contributed by atoms with van der Waals surface area (Å²) in [4.78, 5) is 15.8. The number of hydrogen-bond donors (Lipinski definition) is 1. The molecule has 0 radical (unpaired) electrons. The third-order valence-electron chi connectivity index (χ3n) is 3.47. The van der Waals surface area contributed by atoms with E-state index >= 15 is 0 Å². The topological polar surface area (TPSA) is 59.9 Å². The van der Waals surface area contributed by atoms with Gasteiger partial charge >= 0.3 is 12.3 Å². The number of carbonyl (C=O) groups is 1. The highest BCUT2D eigenvalue weighted by molar-refractivity contribution is 6.16. The predicted molar refractivity (Wildman–Crippen MR) is 96.3 cm³/mol. The van der Waals surface area contributed by atoms with Crippen LogP contribution >= 0.6 is 0 Å². The molecule has 1 aliphatic rings. The highest BCUT2D eigenvalue weighted by Gasteiger charge is 2.30. The maximum Gasteiger partial charge on any atom is 0.573 e. The SMILES string of the molecule is C=C/N=C1/C=C(C(=O)OC)C=C/C1=C(/C)Nc1ccc(OC(F)(F)F)cc1. The molecule has 0 unspecified atom stereocenters. The first-order valence-corrected chi connectivity index (χ1v) is 7.74. The first kappa shape index (κ1) is 20.0. The van der Waals surface area contributed by atoms with Gasteiger partial charge in [-0.2, -0.15) is 0 Å². The van der Waals surface area contributed by atoms with E-state index in [0.29, 0.717) is 28.2 Å². The van der Waals surface area contributed by atoms with E-state index in [1.807, 2.05) is 0 Å². The second kappa shape index (κ2) is 8.39. The minimum absolute atomic E-state index is 0.310. The number of methoxy groups -OCH3 is 1. The summed E-state index contributed by atoms with van der Waals surface area (Å²) in [6.07, 6.45) is 1.46. The summed E-state index contributed by atoms with van der Waals surface area (Å²) in [6.45, 7) is 5.33. The molecule has 27 heavy (non-hydrogen) atoms.